The summed E-state index contributed by atoms with van der Waals surface area (Å²) in [5.74, 6) is 0.0938. The van der Waals surface area contributed by atoms with Gasteiger partial charge in [0.05, 0.1) is 12.0 Å². The first kappa shape index (κ1) is 13.1. The molecule has 0 aromatic carbocycles. The minimum atomic E-state index is 0.0938. The second-order valence-corrected chi connectivity index (χ2v) is 5.23. The fourth-order valence-corrected chi connectivity index (χ4v) is 1.78. The van der Waals surface area contributed by atoms with E-state index in [1.165, 1.54) is 12.8 Å². The lowest BCUT2D eigenvalue weighted by Crippen LogP contribution is -2.30. The number of hydrogen-bond donors (Lipinski definition) is 2. The third-order valence-electron chi connectivity index (χ3n) is 2.88. The fraction of sp³-hybridized carbons (Fsp3) is 0.692. The summed E-state index contributed by atoms with van der Waals surface area (Å²) in [5, 5.41) is 6.31. The SMILES string of the molecule is CC(C)NC(=O)CCn1cnc(CNC2CC2)c1. The Morgan fingerprint density at radius 2 is 2.33 bits per heavy atom. The van der Waals surface area contributed by atoms with Crippen molar-refractivity contribution in [2.45, 2.75) is 58.3 Å². The van der Waals surface area contributed by atoms with Gasteiger partial charge in [0, 0.05) is 37.8 Å². The molecule has 100 valence electrons. The van der Waals surface area contributed by atoms with Gasteiger partial charge in [-0.25, -0.2) is 4.98 Å². The van der Waals surface area contributed by atoms with Gasteiger partial charge in [0.2, 0.25) is 5.91 Å². The molecule has 1 aromatic heterocycles. The summed E-state index contributed by atoms with van der Waals surface area (Å²) in [6.45, 7) is 5.46. The Hall–Kier alpha value is -1.36. The van der Waals surface area contributed by atoms with E-state index in [0.29, 0.717) is 19.0 Å². The van der Waals surface area contributed by atoms with Crippen molar-refractivity contribution in [3.63, 3.8) is 0 Å². The van der Waals surface area contributed by atoms with Crippen molar-refractivity contribution in [2.24, 2.45) is 0 Å². The molecular weight excluding hydrogens is 228 g/mol. The molecule has 0 spiro atoms. The van der Waals surface area contributed by atoms with Crippen LogP contribution in [0.5, 0.6) is 0 Å². The van der Waals surface area contributed by atoms with E-state index < -0.39 is 0 Å². The number of aryl methyl sites for hydroxylation is 1. The van der Waals surface area contributed by atoms with Gasteiger partial charge in [-0.1, -0.05) is 0 Å². The van der Waals surface area contributed by atoms with Crippen LogP contribution in [0.1, 0.15) is 38.8 Å². The maximum absolute atomic E-state index is 11.5. The summed E-state index contributed by atoms with van der Waals surface area (Å²) in [6, 6.07) is 0.908. The third-order valence-corrected chi connectivity index (χ3v) is 2.88. The van der Waals surface area contributed by atoms with E-state index in [2.05, 4.69) is 15.6 Å². The molecule has 0 radical (unpaired) electrons. The zero-order valence-electron chi connectivity index (χ0n) is 11.1. The molecule has 1 saturated carbocycles. The Morgan fingerprint density at radius 3 is 3.00 bits per heavy atom. The maximum Gasteiger partial charge on any atom is 0.221 e. The Labute approximate surface area is 108 Å². The second-order valence-electron chi connectivity index (χ2n) is 5.23. The van der Waals surface area contributed by atoms with Crippen LogP contribution in [0.25, 0.3) is 0 Å². The summed E-state index contributed by atoms with van der Waals surface area (Å²) in [5.41, 5.74) is 1.05. The second kappa shape index (κ2) is 6.00. The fourth-order valence-electron chi connectivity index (χ4n) is 1.78. The van der Waals surface area contributed by atoms with Crippen LogP contribution in [0.3, 0.4) is 0 Å². The summed E-state index contributed by atoms with van der Waals surface area (Å²) >= 11 is 0. The molecular formula is C13H22N4O. The molecule has 5 heteroatoms. The van der Waals surface area contributed by atoms with Gasteiger partial charge in [-0.15, -0.1) is 0 Å². The van der Waals surface area contributed by atoms with Crippen LogP contribution in [0, 0.1) is 0 Å². The first-order valence-corrected chi connectivity index (χ1v) is 6.67. The Kier molecular flexibility index (Phi) is 4.36. The molecule has 2 rings (SSSR count). The van der Waals surface area contributed by atoms with Gasteiger partial charge in [0.25, 0.3) is 0 Å². The van der Waals surface area contributed by atoms with Crippen LogP contribution < -0.4 is 10.6 Å². The smallest absolute Gasteiger partial charge is 0.221 e. The quantitative estimate of drug-likeness (QED) is 0.760. The lowest BCUT2D eigenvalue weighted by Gasteiger charge is -2.08. The predicted octanol–water partition coefficient (Wildman–Crippen LogP) is 1.05. The van der Waals surface area contributed by atoms with Crippen molar-refractivity contribution in [3.8, 4) is 0 Å². The number of imidazole rings is 1. The highest BCUT2D eigenvalue weighted by Crippen LogP contribution is 2.18. The van der Waals surface area contributed by atoms with Gasteiger partial charge in [-0.2, -0.15) is 0 Å². The van der Waals surface area contributed by atoms with E-state index in [-0.39, 0.29) is 11.9 Å². The van der Waals surface area contributed by atoms with E-state index in [9.17, 15) is 4.79 Å². The topological polar surface area (TPSA) is 59.0 Å². The minimum absolute atomic E-state index is 0.0938. The van der Waals surface area contributed by atoms with Crippen molar-refractivity contribution >= 4 is 5.91 Å². The molecule has 0 unspecified atom stereocenters. The first-order chi connectivity index (χ1) is 8.63. The highest BCUT2D eigenvalue weighted by molar-refractivity contribution is 5.76. The number of nitrogens with one attached hydrogen (secondary N) is 2. The number of rotatable bonds is 7. The van der Waals surface area contributed by atoms with Crippen molar-refractivity contribution in [3.05, 3.63) is 18.2 Å². The van der Waals surface area contributed by atoms with Crippen LogP contribution in [0.4, 0.5) is 0 Å². The maximum atomic E-state index is 11.5. The van der Waals surface area contributed by atoms with E-state index in [1.807, 2.05) is 24.6 Å². The van der Waals surface area contributed by atoms with Crippen molar-refractivity contribution < 1.29 is 4.79 Å². The average Bonchev–Trinajstić information content (AvgIpc) is 3.02. The Bertz CT molecular complexity index is 395. The lowest BCUT2D eigenvalue weighted by atomic mass is 10.3. The predicted molar refractivity (Wildman–Crippen MR) is 70.0 cm³/mol. The summed E-state index contributed by atoms with van der Waals surface area (Å²) < 4.78 is 1.98. The first-order valence-electron chi connectivity index (χ1n) is 6.67. The monoisotopic (exact) mass is 250 g/mol. The zero-order valence-corrected chi connectivity index (χ0v) is 11.1. The molecule has 1 aliphatic carbocycles. The zero-order chi connectivity index (χ0) is 13.0. The molecule has 1 aromatic rings. The number of aromatic nitrogens is 2. The minimum Gasteiger partial charge on any atom is -0.354 e. The number of carbonyl (C=O) groups excluding carboxylic acids is 1. The van der Waals surface area contributed by atoms with Crippen LogP contribution in [-0.2, 0) is 17.9 Å². The highest BCUT2D eigenvalue weighted by Gasteiger charge is 2.20. The van der Waals surface area contributed by atoms with Gasteiger partial charge in [-0.3, -0.25) is 4.79 Å². The number of hydrogen-bond acceptors (Lipinski definition) is 3. The van der Waals surface area contributed by atoms with Gasteiger partial charge in [0.15, 0.2) is 0 Å². The van der Waals surface area contributed by atoms with Crippen molar-refractivity contribution in [1.29, 1.82) is 0 Å². The van der Waals surface area contributed by atoms with Crippen molar-refractivity contribution in [2.75, 3.05) is 0 Å². The third kappa shape index (κ3) is 4.49. The summed E-state index contributed by atoms with van der Waals surface area (Å²) in [6.07, 6.45) is 6.89. The lowest BCUT2D eigenvalue weighted by molar-refractivity contribution is -0.121. The van der Waals surface area contributed by atoms with E-state index in [0.717, 1.165) is 12.2 Å². The highest BCUT2D eigenvalue weighted by atomic mass is 16.1. The van der Waals surface area contributed by atoms with Gasteiger partial charge in [-0.05, 0) is 26.7 Å². The molecule has 1 amide bonds. The number of amides is 1. The Morgan fingerprint density at radius 1 is 1.56 bits per heavy atom. The van der Waals surface area contributed by atoms with Gasteiger partial charge >= 0.3 is 0 Å². The van der Waals surface area contributed by atoms with Crippen LogP contribution in [0.2, 0.25) is 0 Å². The molecule has 18 heavy (non-hydrogen) atoms. The van der Waals surface area contributed by atoms with E-state index >= 15 is 0 Å². The van der Waals surface area contributed by atoms with Crippen LogP contribution in [-0.4, -0.2) is 27.5 Å². The molecule has 0 atom stereocenters. The summed E-state index contributed by atoms with van der Waals surface area (Å²) in [7, 11) is 0. The molecule has 1 fully saturated rings. The molecule has 0 bridgehead atoms. The largest absolute Gasteiger partial charge is 0.354 e. The van der Waals surface area contributed by atoms with Crippen LogP contribution >= 0.6 is 0 Å². The molecule has 1 heterocycles. The standard InChI is InChI=1S/C13H22N4O/c1-10(2)16-13(18)5-6-17-8-12(15-9-17)7-14-11-3-4-11/h8-11,14H,3-7H2,1-2H3,(H,16,18). The van der Waals surface area contributed by atoms with Crippen molar-refractivity contribution in [1.82, 2.24) is 20.2 Å². The van der Waals surface area contributed by atoms with Crippen LogP contribution in [0.15, 0.2) is 12.5 Å². The normalized spacial score (nSPS) is 15.1. The number of carbonyl (C=O) groups is 1. The number of nitrogens with zero attached hydrogens (tertiary/aromatic N) is 2. The summed E-state index contributed by atoms with van der Waals surface area (Å²) in [4.78, 5) is 15.8. The molecule has 2 N–H and O–H groups in total. The average molecular weight is 250 g/mol. The molecule has 0 aliphatic heterocycles. The van der Waals surface area contributed by atoms with E-state index in [1.54, 1.807) is 6.33 Å². The van der Waals surface area contributed by atoms with E-state index in [4.69, 9.17) is 0 Å². The van der Waals surface area contributed by atoms with Gasteiger partial charge in [0.1, 0.15) is 0 Å². The van der Waals surface area contributed by atoms with Gasteiger partial charge < -0.3 is 15.2 Å². The molecule has 0 saturated heterocycles. The molecule has 5 nitrogen and oxygen atoms in total. The Balaban J connectivity index is 1.70. The molecule has 1 aliphatic rings.